The molecular weight excluding hydrogens is 306 g/mol. The highest BCUT2D eigenvalue weighted by Gasteiger charge is 2.28. The second-order valence-electron chi connectivity index (χ2n) is 4.69. The lowest BCUT2D eigenvalue weighted by atomic mass is 10.1. The molecule has 1 aromatic heterocycles. The quantitative estimate of drug-likeness (QED) is 0.853. The normalized spacial score (nSPS) is 13.7. The summed E-state index contributed by atoms with van der Waals surface area (Å²) < 4.78 is 2.74. The fraction of sp³-hybridized carbons (Fsp3) is 0.286. The average Bonchev–Trinajstić information content (AvgIpc) is 2.96. The van der Waals surface area contributed by atoms with Gasteiger partial charge < -0.3 is 0 Å². The summed E-state index contributed by atoms with van der Waals surface area (Å²) in [5.41, 5.74) is 2.24. The lowest BCUT2D eigenvalue weighted by Gasteiger charge is -2.16. The number of hydrogen-bond donors (Lipinski definition) is 0. The van der Waals surface area contributed by atoms with E-state index in [1.807, 2.05) is 40.8 Å². The van der Waals surface area contributed by atoms with Gasteiger partial charge in [-0.05, 0) is 34.0 Å². The maximum atomic E-state index is 12.4. The van der Waals surface area contributed by atoms with Crippen molar-refractivity contribution in [2.75, 3.05) is 11.4 Å². The Morgan fingerprint density at radius 2 is 2.16 bits per heavy atom. The number of aryl methyl sites for hydroxylation is 1. The first-order valence-electron chi connectivity index (χ1n) is 6.23. The highest BCUT2D eigenvalue weighted by atomic mass is 79.9. The van der Waals surface area contributed by atoms with Gasteiger partial charge in [-0.1, -0.05) is 24.3 Å². The van der Waals surface area contributed by atoms with Gasteiger partial charge in [0.1, 0.15) is 5.82 Å². The molecule has 1 aliphatic rings. The Balaban J connectivity index is 1.83. The molecule has 0 radical (unpaired) electrons. The number of benzene rings is 1. The van der Waals surface area contributed by atoms with Crippen molar-refractivity contribution in [3.05, 3.63) is 46.1 Å². The molecule has 1 aromatic carbocycles. The van der Waals surface area contributed by atoms with Crippen LogP contribution in [0, 0.1) is 6.92 Å². The Bertz CT molecular complexity index is 635. The molecular formula is C14H14BrN3O. The minimum absolute atomic E-state index is 0.120. The number of amides is 1. The summed E-state index contributed by atoms with van der Waals surface area (Å²) in [5, 5.41) is 4.23. The van der Waals surface area contributed by atoms with Crippen LogP contribution in [0.4, 0.5) is 5.82 Å². The van der Waals surface area contributed by atoms with Crippen LogP contribution in [-0.4, -0.2) is 22.2 Å². The first kappa shape index (κ1) is 12.4. The van der Waals surface area contributed by atoms with Gasteiger partial charge in [-0.2, -0.15) is 5.10 Å². The molecule has 1 amide bonds. The van der Waals surface area contributed by atoms with Crippen LogP contribution in [0.3, 0.4) is 0 Å². The molecule has 1 aliphatic heterocycles. The zero-order chi connectivity index (χ0) is 13.4. The molecule has 0 aliphatic carbocycles. The maximum absolute atomic E-state index is 12.4. The Labute approximate surface area is 120 Å². The Hall–Kier alpha value is -1.62. The summed E-state index contributed by atoms with van der Waals surface area (Å²) >= 11 is 3.45. The van der Waals surface area contributed by atoms with Gasteiger partial charge in [0.25, 0.3) is 0 Å². The zero-order valence-corrected chi connectivity index (χ0v) is 12.2. The second kappa shape index (κ2) is 4.81. The third-order valence-electron chi connectivity index (χ3n) is 3.46. The summed E-state index contributed by atoms with van der Waals surface area (Å²) in [6.45, 7) is 3.50. The molecule has 4 nitrogen and oxygen atoms in total. The third kappa shape index (κ3) is 2.18. The Morgan fingerprint density at radius 3 is 2.95 bits per heavy atom. The monoisotopic (exact) mass is 319 g/mol. The Morgan fingerprint density at radius 1 is 1.37 bits per heavy atom. The summed E-state index contributed by atoms with van der Waals surface area (Å²) in [4.78, 5) is 14.3. The number of halogens is 1. The number of nitrogens with zero attached hydrogens (tertiary/aromatic N) is 3. The van der Waals surface area contributed by atoms with Gasteiger partial charge in [-0.25, -0.2) is 4.68 Å². The highest BCUT2D eigenvalue weighted by Crippen LogP contribution is 2.30. The van der Waals surface area contributed by atoms with Crippen molar-refractivity contribution in [3.63, 3.8) is 0 Å². The molecule has 2 heterocycles. The molecule has 98 valence electrons. The average molecular weight is 320 g/mol. The van der Waals surface area contributed by atoms with E-state index in [2.05, 4.69) is 21.0 Å². The number of rotatable bonds is 2. The molecule has 0 spiro atoms. The number of hydrogen-bond acceptors (Lipinski definition) is 2. The van der Waals surface area contributed by atoms with E-state index in [4.69, 9.17) is 0 Å². The topological polar surface area (TPSA) is 38.1 Å². The highest BCUT2D eigenvalue weighted by molar-refractivity contribution is 9.10. The van der Waals surface area contributed by atoms with Gasteiger partial charge in [-0.15, -0.1) is 0 Å². The predicted octanol–water partition coefficient (Wildman–Crippen LogP) is 2.54. The van der Waals surface area contributed by atoms with Crippen LogP contribution in [0.5, 0.6) is 0 Å². The molecule has 0 bridgehead atoms. The SMILES string of the molecule is Cc1ccccc1CC(=O)N1CCn2ncc(Br)c21. The van der Waals surface area contributed by atoms with E-state index in [0.29, 0.717) is 13.0 Å². The van der Waals surface area contributed by atoms with Crippen molar-refractivity contribution in [1.82, 2.24) is 9.78 Å². The van der Waals surface area contributed by atoms with Gasteiger partial charge in [-0.3, -0.25) is 9.69 Å². The molecule has 0 saturated heterocycles. The number of aromatic nitrogens is 2. The van der Waals surface area contributed by atoms with Crippen LogP contribution in [-0.2, 0) is 17.8 Å². The van der Waals surface area contributed by atoms with Crippen LogP contribution >= 0.6 is 15.9 Å². The maximum Gasteiger partial charge on any atom is 0.232 e. The zero-order valence-electron chi connectivity index (χ0n) is 10.6. The molecule has 0 atom stereocenters. The molecule has 5 heteroatoms. The van der Waals surface area contributed by atoms with Crippen LogP contribution in [0.1, 0.15) is 11.1 Å². The van der Waals surface area contributed by atoms with Crippen LogP contribution in [0.2, 0.25) is 0 Å². The fourth-order valence-corrected chi connectivity index (χ4v) is 2.91. The van der Waals surface area contributed by atoms with Crippen molar-refractivity contribution in [2.24, 2.45) is 0 Å². The summed E-state index contributed by atoms with van der Waals surface area (Å²) in [7, 11) is 0. The molecule has 3 rings (SSSR count). The number of carbonyl (C=O) groups is 1. The van der Waals surface area contributed by atoms with Crippen molar-refractivity contribution < 1.29 is 4.79 Å². The largest absolute Gasteiger partial charge is 0.294 e. The summed E-state index contributed by atoms with van der Waals surface area (Å²) in [5.74, 6) is 0.993. The fourth-order valence-electron chi connectivity index (χ4n) is 2.40. The van der Waals surface area contributed by atoms with E-state index >= 15 is 0 Å². The molecule has 19 heavy (non-hydrogen) atoms. The van der Waals surface area contributed by atoms with E-state index < -0.39 is 0 Å². The van der Waals surface area contributed by atoms with Crippen LogP contribution < -0.4 is 4.90 Å². The van der Waals surface area contributed by atoms with E-state index in [0.717, 1.165) is 28.0 Å². The van der Waals surface area contributed by atoms with E-state index in [1.54, 1.807) is 6.20 Å². The lowest BCUT2D eigenvalue weighted by molar-refractivity contribution is -0.117. The Kier molecular flexibility index (Phi) is 3.14. The molecule has 0 saturated carbocycles. The van der Waals surface area contributed by atoms with Crippen molar-refractivity contribution in [1.29, 1.82) is 0 Å². The first-order valence-corrected chi connectivity index (χ1v) is 7.02. The molecule has 0 N–H and O–H groups in total. The minimum atomic E-state index is 0.120. The van der Waals surface area contributed by atoms with Gasteiger partial charge in [0, 0.05) is 6.54 Å². The van der Waals surface area contributed by atoms with Gasteiger partial charge in [0.2, 0.25) is 5.91 Å². The number of fused-ring (bicyclic) bond motifs is 1. The molecule has 2 aromatic rings. The van der Waals surface area contributed by atoms with E-state index in [9.17, 15) is 4.79 Å². The second-order valence-corrected chi connectivity index (χ2v) is 5.54. The van der Waals surface area contributed by atoms with E-state index in [1.165, 1.54) is 0 Å². The lowest BCUT2D eigenvalue weighted by Crippen LogP contribution is -2.30. The first-order chi connectivity index (χ1) is 9.16. The third-order valence-corrected chi connectivity index (χ3v) is 4.02. The smallest absolute Gasteiger partial charge is 0.232 e. The van der Waals surface area contributed by atoms with Gasteiger partial charge in [0.15, 0.2) is 0 Å². The summed E-state index contributed by atoms with van der Waals surface area (Å²) in [6.07, 6.45) is 2.17. The minimum Gasteiger partial charge on any atom is -0.294 e. The number of anilines is 1. The van der Waals surface area contributed by atoms with Crippen molar-refractivity contribution in [2.45, 2.75) is 19.9 Å². The standard InChI is InChI=1S/C14H14BrN3O/c1-10-4-2-3-5-11(10)8-13(19)17-6-7-18-14(17)12(15)9-16-18/h2-5,9H,6-8H2,1H3. The van der Waals surface area contributed by atoms with E-state index in [-0.39, 0.29) is 5.91 Å². The van der Waals surface area contributed by atoms with Gasteiger partial charge in [0.05, 0.1) is 23.6 Å². The summed E-state index contributed by atoms with van der Waals surface area (Å²) in [6, 6.07) is 8.01. The molecule has 0 unspecified atom stereocenters. The van der Waals surface area contributed by atoms with Crippen molar-refractivity contribution in [3.8, 4) is 0 Å². The van der Waals surface area contributed by atoms with Gasteiger partial charge >= 0.3 is 0 Å². The molecule has 0 fully saturated rings. The van der Waals surface area contributed by atoms with Crippen molar-refractivity contribution >= 4 is 27.7 Å². The van der Waals surface area contributed by atoms with Crippen LogP contribution in [0.25, 0.3) is 0 Å². The predicted molar refractivity (Wildman–Crippen MR) is 77.2 cm³/mol. The number of carbonyl (C=O) groups excluding carboxylic acids is 1. The van der Waals surface area contributed by atoms with Crippen LogP contribution in [0.15, 0.2) is 34.9 Å².